The Hall–Kier alpha value is -1.43. The molecule has 4 nitrogen and oxygen atoms in total. The zero-order valence-corrected chi connectivity index (χ0v) is 15.8. The molecule has 5 rings (SSSR count). The van der Waals surface area contributed by atoms with Crippen molar-refractivity contribution >= 4 is 50.5 Å². The van der Waals surface area contributed by atoms with Crippen LogP contribution in [0.25, 0.3) is 10.1 Å². The fourth-order valence-corrected chi connectivity index (χ4v) is 6.32. The summed E-state index contributed by atoms with van der Waals surface area (Å²) >= 11 is 7.90. The second-order valence-corrected chi connectivity index (χ2v) is 9.52. The van der Waals surface area contributed by atoms with Crippen LogP contribution < -0.4 is 4.90 Å². The van der Waals surface area contributed by atoms with Crippen LogP contribution in [0.15, 0.2) is 18.2 Å². The molecule has 2 aromatic rings. The van der Waals surface area contributed by atoms with Crippen molar-refractivity contribution in [1.82, 2.24) is 0 Å². The summed E-state index contributed by atoms with van der Waals surface area (Å²) in [6, 6.07) is 5.57. The Balaban J connectivity index is 1.69. The Labute approximate surface area is 154 Å². The van der Waals surface area contributed by atoms with Crippen LogP contribution in [-0.4, -0.2) is 23.0 Å². The number of nitrogens with zero attached hydrogens (tertiary/aromatic N) is 1. The number of benzene rings is 1. The van der Waals surface area contributed by atoms with Gasteiger partial charge in [0.15, 0.2) is 0 Å². The van der Waals surface area contributed by atoms with Crippen molar-refractivity contribution in [3.63, 3.8) is 0 Å². The molecule has 0 N–H and O–H groups in total. The van der Waals surface area contributed by atoms with E-state index in [1.165, 1.54) is 4.90 Å². The van der Waals surface area contributed by atoms with E-state index in [4.69, 9.17) is 16.3 Å². The van der Waals surface area contributed by atoms with Crippen molar-refractivity contribution in [1.29, 1.82) is 0 Å². The van der Waals surface area contributed by atoms with Crippen LogP contribution in [0.3, 0.4) is 0 Å². The molecule has 4 atom stereocenters. The van der Waals surface area contributed by atoms with Gasteiger partial charge >= 0.3 is 0 Å². The van der Waals surface area contributed by atoms with Crippen LogP contribution >= 0.6 is 22.9 Å². The summed E-state index contributed by atoms with van der Waals surface area (Å²) in [5.41, 5.74) is -0.409. The Morgan fingerprint density at radius 1 is 1.16 bits per heavy atom. The van der Waals surface area contributed by atoms with Gasteiger partial charge in [0, 0.05) is 10.3 Å². The lowest BCUT2D eigenvalue weighted by Gasteiger charge is -2.27. The van der Waals surface area contributed by atoms with Crippen molar-refractivity contribution in [2.45, 2.75) is 44.8 Å². The maximum atomic E-state index is 13.3. The number of rotatable bonds is 1. The Kier molecular flexibility index (Phi) is 2.93. The third-order valence-corrected chi connectivity index (χ3v) is 7.69. The minimum atomic E-state index is -0.531. The summed E-state index contributed by atoms with van der Waals surface area (Å²) in [6.07, 6.45) is 1.65. The molecule has 3 fully saturated rings. The first kappa shape index (κ1) is 15.8. The molecule has 0 aliphatic carbocycles. The Bertz CT molecular complexity index is 935. The van der Waals surface area contributed by atoms with Crippen LogP contribution in [0.2, 0.25) is 5.02 Å². The average Bonchev–Trinajstić information content (AvgIpc) is 3.21. The number of aryl methyl sites for hydroxylation is 1. The van der Waals surface area contributed by atoms with E-state index in [-0.39, 0.29) is 23.7 Å². The van der Waals surface area contributed by atoms with Gasteiger partial charge in [0.1, 0.15) is 0 Å². The smallest absolute Gasteiger partial charge is 0.240 e. The van der Waals surface area contributed by atoms with E-state index in [9.17, 15) is 9.59 Å². The summed E-state index contributed by atoms with van der Waals surface area (Å²) in [5, 5.41) is 1.53. The van der Waals surface area contributed by atoms with Gasteiger partial charge in [0.05, 0.1) is 38.4 Å². The first-order chi connectivity index (χ1) is 11.8. The molecule has 2 bridgehead atoms. The van der Waals surface area contributed by atoms with Crippen molar-refractivity contribution < 1.29 is 14.3 Å². The summed E-state index contributed by atoms with van der Waals surface area (Å²) in [4.78, 5) is 29.0. The Morgan fingerprint density at radius 3 is 2.36 bits per heavy atom. The largest absolute Gasteiger partial charge is 0.367 e. The third kappa shape index (κ3) is 1.81. The lowest BCUT2D eigenvalue weighted by Crippen LogP contribution is -2.40. The highest BCUT2D eigenvalue weighted by Gasteiger charge is 2.72. The third-order valence-electron chi connectivity index (χ3n) is 6.18. The fourth-order valence-electron chi connectivity index (χ4n) is 5.10. The van der Waals surface area contributed by atoms with E-state index in [1.807, 2.05) is 26.8 Å². The molecule has 2 unspecified atom stereocenters. The number of thiophene rings is 1. The number of halogens is 1. The van der Waals surface area contributed by atoms with Crippen molar-refractivity contribution in [2.24, 2.45) is 11.8 Å². The lowest BCUT2D eigenvalue weighted by atomic mass is 9.69. The predicted molar refractivity (Wildman–Crippen MR) is 98.2 cm³/mol. The minimum Gasteiger partial charge on any atom is -0.367 e. The summed E-state index contributed by atoms with van der Waals surface area (Å²) in [7, 11) is 0. The maximum absolute atomic E-state index is 13.3. The lowest BCUT2D eigenvalue weighted by molar-refractivity contribution is -0.129. The standard InChI is InChI=1S/C19H18ClNO3S/c1-9-8-10-12(5-4-11(20)15(10)25-9)21-16(22)13-14(17(21)23)19(3)7-6-18(13,2)24-19/h4-5,8,13-14H,6-7H2,1-3H3/t13-,14+,18?,19?. The number of anilines is 1. The van der Waals surface area contributed by atoms with Gasteiger partial charge in [-0.2, -0.15) is 0 Å². The molecule has 25 heavy (non-hydrogen) atoms. The second-order valence-electron chi connectivity index (χ2n) is 7.86. The minimum absolute atomic E-state index is 0.131. The zero-order chi connectivity index (χ0) is 17.7. The first-order valence-electron chi connectivity index (χ1n) is 8.52. The topological polar surface area (TPSA) is 46.6 Å². The second kappa shape index (κ2) is 4.64. The van der Waals surface area contributed by atoms with Gasteiger partial charge < -0.3 is 4.74 Å². The van der Waals surface area contributed by atoms with Gasteiger partial charge in [-0.3, -0.25) is 9.59 Å². The number of hydrogen-bond acceptors (Lipinski definition) is 4. The molecule has 2 amide bonds. The summed E-state index contributed by atoms with van der Waals surface area (Å²) in [5.74, 6) is -1.03. The molecular formula is C19H18ClNO3S. The molecule has 1 aromatic heterocycles. The SMILES string of the molecule is Cc1cc2c(N3C(=O)[C@@H]4[C@H](C3=O)C3(C)CCC4(C)O3)ccc(Cl)c2s1. The maximum Gasteiger partial charge on any atom is 0.240 e. The molecule has 3 aliphatic heterocycles. The molecule has 0 spiro atoms. The molecule has 1 aromatic carbocycles. The number of carbonyl (C=O) groups excluding carboxylic acids is 2. The van der Waals surface area contributed by atoms with Gasteiger partial charge in [-0.25, -0.2) is 4.90 Å². The molecule has 130 valence electrons. The number of carbonyl (C=O) groups is 2. The fraction of sp³-hybridized carbons (Fsp3) is 0.474. The van der Waals surface area contributed by atoms with E-state index in [0.717, 1.165) is 27.8 Å². The molecule has 0 saturated carbocycles. The van der Waals surface area contributed by atoms with Crippen LogP contribution in [-0.2, 0) is 14.3 Å². The number of hydrogen-bond donors (Lipinski definition) is 0. The van der Waals surface area contributed by atoms with E-state index in [2.05, 4.69) is 0 Å². The molecule has 3 saturated heterocycles. The highest BCUT2D eigenvalue weighted by Crippen LogP contribution is 2.61. The van der Waals surface area contributed by atoms with Crippen molar-refractivity contribution in [3.8, 4) is 0 Å². The molecule has 3 aliphatic rings. The average molecular weight is 376 g/mol. The molecule has 0 radical (unpaired) electrons. The van der Waals surface area contributed by atoms with Crippen molar-refractivity contribution in [2.75, 3.05) is 4.90 Å². The molecule has 6 heteroatoms. The van der Waals surface area contributed by atoms with Gasteiger partial charge in [0.2, 0.25) is 11.8 Å². The number of ether oxygens (including phenoxy) is 1. The first-order valence-corrected chi connectivity index (χ1v) is 9.71. The quantitative estimate of drug-likeness (QED) is 0.698. The van der Waals surface area contributed by atoms with E-state index >= 15 is 0 Å². The highest BCUT2D eigenvalue weighted by molar-refractivity contribution is 7.19. The van der Waals surface area contributed by atoms with E-state index in [1.54, 1.807) is 23.5 Å². The van der Waals surface area contributed by atoms with Crippen LogP contribution in [0, 0.1) is 18.8 Å². The Morgan fingerprint density at radius 2 is 1.76 bits per heavy atom. The predicted octanol–water partition coefficient (Wildman–Crippen LogP) is 4.31. The van der Waals surface area contributed by atoms with Crippen molar-refractivity contribution in [3.05, 3.63) is 28.1 Å². The van der Waals surface area contributed by atoms with Gasteiger partial charge in [-0.1, -0.05) is 11.6 Å². The van der Waals surface area contributed by atoms with Crippen LogP contribution in [0.5, 0.6) is 0 Å². The van der Waals surface area contributed by atoms with Gasteiger partial charge in [-0.15, -0.1) is 11.3 Å². The summed E-state index contributed by atoms with van der Waals surface area (Å²) < 4.78 is 7.08. The normalized spacial score (nSPS) is 36.7. The molecular weight excluding hydrogens is 358 g/mol. The zero-order valence-electron chi connectivity index (χ0n) is 14.3. The van der Waals surface area contributed by atoms with Crippen LogP contribution in [0.4, 0.5) is 5.69 Å². The van der Waals surface area contributed by atoms with Gasteiger partial charge in [-0.05, 0) is 51.8 Å². The van der Waals surface area contributed by atoms with Crippen LogP contribution in [0.1, 0.15) is 31.6 Å². The molecule has 4 heterocycles. The number of imide groups is 1. The monoisotopic (exact) mass is 375 g/mol. The van der Waals surface area contributed by atoms with Gasteiger partial charge in [0.25, 0.3) is 0 Å². The number of amides is 2. The van der Waals surface area contributed by atoms with E-state index < -0.39 is 11.2 Å². The summed E-state index contributed by atoms with van der Waals surface area (Å²) in [6.45, 7) is 5.96. The van der Waals surface area contributed by atoms with E-state index in [0.29, 0.717) is 10.7 Å². The number of fused-ring (bicyclic) bond motifs is 6. The highest BCUT2D eigenvalue weighted by atomic mass is 35.5.